The zero-order valence-electron chi connectivity index (χ0n) is 11.2. The minimum atomic E-state index is -0.0833. The van der Waals surface area contributed by atoms with Gasteiger partial charge in [0.15, 0.2) is 0 Å². The molecule has 1 N–H and O–H groups in total. The number of nitrogens with zero attached hydrogens (tertiary/aromatic N) is 2. The van der Waals surface area contributed by atoms with Crippen molar-refractivity contribution in [3.8, 4) is 0 Å². The predicted octanol–water partition coefficient (Wildman–Crippen LogP) is 3.08. The molecule has 0 saturated carbocycles. The van der Waals surface area contributed by atoms with Gasteiger partial charge in [0, 0.05) is 12.7 Å². The van der Waals surface area contributed by atoms with Crippen LogP contribution in [0.5, 0.6) is 0 Å². The highest BCUT2D eigenvalue weighted by Gasteiger charge is 2.17. The molecule has 0 unspecified atom stereocenters. The smallest absolute Gasteiger partial charge is 0.270 e. The van der Waals surface area contributed by atoms with Crippen LogP contribution in [0.3, 0.4) is 0 Å². The fraction of sp³-hybridized carbons (Fsp3) is 0.429. The summed E-state index contributed by atoms with van der Waals surface area (Å²) in [5.41, 5.74) is 2.15. The molecular weight excluding hydrogens is 262 g/mol. The van der Waals surface area contributed by atoms with Crippen LogP contribution in [0.2, 0.25) is 5.02 Å². The average Bonchev–Trinajstić information content (AvgIpc) is 2.76. The molecule has 4 nitrogen and oxygen atoms in total. The van der Waals surface area contributed by atoms with E-state index < -0.39 is 0 Å². The molecule has 0 aliphatic heterocycles. The van der Waals surface area contributed by atoms with Crippen molar-refractivity contribution in [2.24, 2.45) is 0 Å². The number of halogens is 1. The van der Waals surface area contributed by atoms with Crippen LogP contribution in [0.1, 0.15) is 42.9 Å². The summed E-state index contributed by atoms with van der Waals surface area (Å²) in [7, 11) is 0. The molecule has 0 aromatic carbocycles. The van der Waals surface area contributed by atoms with E-state index in [4.69, 9.17) is 11.6 Å². The lowest BCUT2D eigenvalue weighted by molar-refractivity contribution is 0.0946. The first kappa shape index (κ1) is 13.9. The molecule has 102 valence electrons. The number of amides is 1. The van der Waals surface area contributed by atoms with Crippen LogP contribution < -0.4 is 5.32 Å². The summed E-state index contributed by atoms with van der Waals surface area (Å²) in [5, 5.41) is 3.52. The van der Waals surface area contributed by atoms with Gasteiger partial charge in [-0.15, -0.1) is 0 Å². The Kier molecular flexibility index (Phi) is 4.43. The van der Waals surface area contributed by atoms with Gasteiger partial charge in [-0.05, 0) is 25.0 Å². The zero-order valence-corrected chi connectivity index (χ0v) is 12.0. The van der Waals surface area contributed by atoms with Gasteiger partial charge in [-0.3, -0.25) is 9.20 Å². The molecule has 0 aliphatic carbocycles. The van der Waals surface area contributed by atoms with Gasteiger partial charge in [-0.2, -0.15) is 0 Å². The summed E-state index contributed by atoms with van der Waals surface area (Å²) in [6.45, 7) is 4.77. The second-order valence-corrected chi connectivity index (χ2v) is 4.88. The van der Waals surface area contributed by atoms with E-state index >= 15 is 0 Å². The predicted molar refractivity (Wildman–Crippen MR) is 76.8 cm³/mol. The topological polar surface area (TPSA) is 46.4 Å². The number of nitrogens with one attached hydrogen (secondary N) is 1. The molecule has 0 aliphatic rings. The van der Waals surface area contributed by atoms with E-state index in [0.29, 0.717) is 17.3 Å². The number of hydrogen-bond acceptors (Lipinski definition) is 2. The van der Waals surface area contributed by atoms with Gasteiger partial charge in [0.2, 0.25) is 0 Å². The summed E-state index contributed by atoms with van der Waals surface area (Å²) >= 11 is 5.99. The van der Waals surface area contributed by atoms with E-state index in [1.165, 1.54) is 0 Å². The maximum Gasteiger partial charge on any atom is 0.270 e. The van der Waals surface area contributed by atoms with E-state index in [1.807, 2.05) is 13.0 Å². The second kappa shape index (κ2) is 6.06. The van der Waals surface area contributed by atoms with Crippen LogP contribution in [-0.4, -0.2) is 21.8 Å². The number of imidazole rings is 1. The first-order valence-corrected chi connectivity index (χ1v) is 6.99. The molecule has 0 fully saturated rings. The van der Waals surface area contributed by atoms with Crippen molar-refractivity contribution in [3.05, 3.63) is 34.7 Å². The number of carbonyl (C=O) groups is 1. The molecule has 2 aromatic heterocycles. The summed E-state index contributed by atoms with van der Waals surface area (Å²) in [5.74, 6) is -0.0833. The van der Waals surface area contributed by atoms with Gasteiger partial charge in [0.25, 0.3) is 5.91 Å². The molecule has 2 aromatic rings. The molecule has 2 rings (SSSR count). The first-order chi connectivity index (χ1) is 9.17. The average molecular weight is 280 g/mol. The quantitative estimate of drug-likeness (QED) is 0.855. The number of pyridine rings is 1. The molecule has 19 heavy (non-hydrogen) atoms. The number of aryl methyl sites for hydroxylation is 1. The van der Waals surface area contributed by atoms with Crippen molar-refractivity contribution in [2.45, 2.75) is 33.1 Å². The van der Waals surface area contributed by atoms with E-state index in [-0.39, 0.29) is 5.91 Å². The third kappa shape index (κ3) is 2.89. The lowest BCUT2D eigenvalue weighted by Crippen LogP contribution is -2.26. The Morgan fingerprint density at radius 3 is 2.89 bits per heavy atom. The third-order valence-electron chi connectivity index (χ3n) is 3.02. The molecule has 0 atom stereocenters. The van der Waals surface area contributed by atoms with Crippen molar-refractivity contribution in [3.63, 3.8) is 0 Å². The van der Waals surface area contributed by atoms with Crippen LogP contribution in [0, 0.1) is 0 Å². The minimum Gasteiger partial charge on any atom is -0.351 e. The fourth-order valence-corrected chi connectivity index (χ4v) is 2.18. The van der Waals surface area contributed by atoms with Crippen LogP contribution in [-0.2, 0) is 6.42 Å². The van der Waals surface area contributed by atoms with Gasteiger partial charge >= 0.3 is 0 Å². The van der Waals surface area contributed by atoms with E-state index in [0.717, 1.165) is 30.6 Å². The highest BCUT2D eigenvalue weighted by atomic mass is 35.5. The number of fused-ring (bicyclic) bond motifs is 1. The van der Waals surface area contributed by atoms with Crippen LogP contribution in [0.25, 0.3) is 5.65 Å². The molecule has 2 heterocycles. The van der Waals surface area contributed by atoms with E-state index in [2.05, 4.69) is 17.2 Å². The Bertz CT molecular complexity index is 592. The lowest BCUT2D eigenvalue weighted by Gasteiger charge is -2.06. The second-order valence-electron chi connectivity index (χ2n) is 4.45. The largest absolute Gasteiger partial charge is 0.351 e. The first-order valence-electron chi connectivity index (χ1n) is 6.62. The van der Waals surface area contributed by atoms with E-state index in [1.54, 1.807) is 16.7 Å². The maximum atomic E-state index is 12.3. The number of rotatable bonds is 5. The molecular formula is C14H18ClN3O. The highest BCUT2D eigenvalue weighted by Crippen LogP contribution is 2.17. The van der Waals surface area contributed by atoms with Crippen molar-refractivity contribution in [1.29, 1.82) is 0 Å². The Hall–Kier alpha value is -1.55. The van der Waals surface area contributed by atoms with Crippen molar-refractivity contribution in [1.82, 2.24) is 14.7 Å². The van der Waals surface area contributed by atoms with Gasteiger partial charge < -0.3 is 5.32 Å². The maximum absolute atomic E-state index is 12.3. The third-order valence-corrected chi connectivity index (χ3v) is 3.24. The molecule has 0 saturated heterocycles. The Balaban J connectivity index is 2.39. The van der Waals surface area contributed by atoms with Crippen LogP contribution >= 0.6 is 11.6 Å². The monoisotopic (exact) mass is 279 g/mol. The number of carbonyl (C=O) groups excluding carboxylic acids is 1. The normalized spacial score (nSPS) is 10.9. The van der Waals surface area contributed by atoms with E-state index in [9.17, 15) is 4.79 Å². The lowest BCUT2D eigenvalue weighted by atomic mass is 10.2. The molecule has 1 amide bonds. The summed E-state index contributed by atoms with van der Waals surface area (Å²) < 4.78 is 1.77. The van der Waals surface area contributed by atoms with Crippen LogP contribution in [0.15, 0.2) is 18.3 Å². The molecule has 5 heteroatoms. The Labute approximate surface area is 117 Å². The summed E-state index contributed by atoms with van der Waals surface area (Å²) in [4.78, 5) is 16.7. The minimum absolute atomic E-state index is 0.0833. The van der Waals surface area contributed by atoms with Crippen molar-refractivity contribution < 1.29 is 4.79 Å². The Morgan fingerprint density at radius 2 is 2.21 bits per heavy atom. The van der Waals surface area contributed by atoms with Gasteiger partial charge in [-0.25, -0.2) is 4.98 Å². The fourth-order valence-electron chi connectivity index (χ4n) is 2.02. The molecule has 0 bridgehead atoms. The number of aromatic nitrogens is 2. The Morgan fingerprint density at radius 1 is 1.42 bits per heavy atom. The SMILES string of the molecule is CCCCNC(=O)c1c(CC)nc2ccc(Cl)cn12. The highest BCUT2D eigenvalue weighted by molar-refractivity contribution is 6.30. The van der Waals surface area contributed by atoms with Crippen molar-refractivity contribution in [2.75, 3.05) is 6.54 Å². The molecule has 0 spiro atoms. The van der Waals surface area contributed by atoms with Gasteiger partial charge in [0.05, 0.1) is 10.7 Å². The van der Waals surface area contributed by atoms with Gasteiger partial charge in [0.1, 0.15) is 11.3 Å². The standard InChI is InChI=1S/C14H18ClN3O/c1-3-5-8-16-14(19)13-11(4-2)17-12-7-6-10(15)9-18(12)13/h6-7,9H,3-5,8H2,1-2H3,(H,16,19). The summed E-state index contributed by atoms with van der Waals surface area (Å²) in [6, 6.07) is 3.60. The van der Waals surface area contributed by atoms with Crippen molar-refractivity contribution >= 4 is 23.2 Å². The van der Waals surface area contributed by atoms with Crippen LogP contribution in [0.4, 0.5) is 0 Å². The van der Waals surface area contributed by atoms with Gasteiger partial charge in [-0.1, -0.05) is 31.9 Å². The number of unbranched alkanes of at least 4 members (excludes halogenated alkanes) is 1. The zero-order chi connectivity index (χ0) is 13.8. The molecule has 0 radical (unpaired) electrons. The summed E-state index contributed by atoms with van der Waals surface area (Å²) in [6.07, 6.45) is 4.48. The number of hydrogen-bond donors (Lipinski definition) is 1.